The van der Waals surface area contributed by atoms with Crippen molar-refractivity contribution in [3.05, 3.63) is 53.8 Å². The van der Waals surface area contributed by atoms with Crippen molar-refractivity contribution in [2.24, 2.45) is 0 Å². The van der Waals surface area contributed by atoms with E-state index in [1.165, 1.54) is 0 Å². The molecule has 0 saturated heterocycles. The van der Waals surface area contributed by atoms with Crippen molar-refractivity contribution < 1.29 is 9.43 Å². The van der Waals surface area contributed by atoms with E-state index in [9.17, 15) is 5.21 Å². The zero-order valence-corrected chi connectivity index (χ0v) is 13.7. The highest BCUT2D eigenvalue weighted by atomic mass is 28.4. The van der Waals surface area contributed by atoms with Gasteiger partial charge in [-0.15, -0.1) is 6.58 Å². The van der Waals surface area contributed by atoms with Crippen molar-refractivity contribution in [2.75, 3.05) is 0 Å². The molecule has 0 amide bonds. The topological polar surface area (TPSA) is 35.3 Å². The van der Waals surface area contributed by atoms with Gasteiger partial charge in [-0.1, -0.05) is 56.0 Å². The molecule has 0 aliphatic heterocycles. The van der Waals surface area contributed by atoms with Crippen LogP contribution in [0.1, 0.15) is 30.7 Å². The number of benzene rings is 1. The van der Waals surface area contributed by atoms with Crippen LogP contribution in [0.3, 0.4) is 0 Å². The number of allylic oxidation sites excluding steroid dienone is 1. The fraction of sp³-hybridized carbons (Fsp3) is 0.438. The van der Waals surface area contributed by atoms with E-state index in [0.717, 1.165) is 24.8 Å². The summed E-state index contributed by atoms with van der Waals surface area (Å²) in [6, 6.07) is 10.1. The molecule has 0 spiro atoms. The zero-order chi connectivity index (χ0) is 15.0. The first kappa shape index (κ1) is 16.5. The molecular formula is C16H25NO2Si. The Balaban J connectivity index is 2.82. The van der Waals surface area contributed by atoms with Crippen LogP contribution in [0.4, 0.5) is 0 Å². The van der Waals surface area contributed by atoms with Gasteiger partial charge in [0, 0.05) is 4.90 Å². The maximum Gasteiger partial charge on any atom is 0.216 e. The Labute approximate surface area is 123 Å². The predicted octanol–water partition coefficient (Wildman–Crippen LogP) is 4.47. The molecule has 0 radical (unpaired) electrons. The molecule has 1 rings (SSSR count). The molecule has 20 heavy (non-hydrogen) atoms. The van der Waals surface area contributed by atoms with Gasteiger partial charge in [-0.3, -0.25) is 5.21 Å². The second-order valence-corrected chi connectivity index (χ2v) is 10.3. The van der Waals surface area contributed by atoms with E-state index in [0.29, 0.717) is 4.90 Å². The van der Waals surface area contributed by atoms with Gasteiger partial charge in [-0.05, 0) is 24.8 Å². The Hall–Kier alpha value is -1.55. The van der Waals surface area contributed by atoms with Crippen LogP contribution in [0.2, 0.25) is 19.6 Å². The molecule has 3 nitrogen and oxygen atoms in total. The van der Waals surface area contributed by atoms with E-state index in [1.54, 1.807) is 6.21 Å². The number of unbranched alkanes of at least 4 members (excludes halogenated alkanes) is 1. The van der Waals surface area contributed by atoms with Crippen molar-refractivity contribution in [1.82, 2.24) is 0 Å². The van der Waals surface area contributed by atoms with Crippen LogP contribution in [0.25, 0.3) is 0 Å². The van der Waals surface area contributed by atoms with Crippen molar-refractivity contribution in [1.29, 1.82) is 0 Å². The average Bonchev–Trinajstić information content (AvgIpc) is 2.37. The highest BCUT2D eigenvalue weighted by Gasteiger charge is 2.18. The Morgan fingerprint density at radius 3 is 2.50 bits per heavy atom. The second kappa shape index (κ2) is 7.90. The van der Waals surface area contributed by atoms with E-state index >= 15 is 0 Å². The first-order valence-electron chi connectivity index (χ1n) is 7.08. The van der Waals surface area contributed by atoms with Gasteiger partial charge in [0.15, 0.2) is 8.32 Å². The summed E-state index contributed by atoms with van der Waals surface area (Å²) in [5.41, 5.74) is 1.15. The lowest BCUT2D eigenvalue weighted by molar-refractivity contribution is -0.701. The van der Waals surface area contributed by atoms with Crippen LogP contribution in [-0.2, 0) is 4.53 Å². The van der Waals surface area contributed by atoms with Gasteiger partial charge in [-0.25, -0.2) is 0 Å². The quantitative estimate of drug-likeness (QED) is 0.177. The van der Waals surface area contributed by atoms with Gasteiger partial charge in [0.1, 0.15) is 0 Å². The van der Waals surface area contributed by atoms with Crippen molar-refractivity contribution in [3.8, 4) is 0 Å². The predicted molar refractivity (Wildman–Crippen MR) is 87.4 cm³/mol. The summed E-state index contributed by atoms with van der Waals surface area (Å²) in [5.74, 6) is 0.0880. The lowest BCUT2D eigenvalue weighted by atomic mass is 9.95. The van der Waals surface area contributed by atoms with E-state index < -0.39 is 8.32 Å². The zero-order valence-electron chi connectivity index (χ0n) is 12.7. The van der Waals surface area contributed by atoms with Crippen molar-refractivity contribution in [2.45, 2.75) is 44.8 Å². The third-order valence-corrected chi connectivity index (χ3v) is 3.54. The summed E-state index contributed by atoms with van der Waals surface area (Å²) in [6.07, 6.45) is 6.46. The number of hydrogen-bond donors (Lipinski definition) is 0. The molecule has 0 aliphatic carbocycles. The third-order valence-electron chi connectivity index (χ3n) is 2.82. The monoisotopic (exact) mass is 291 g/mol. The van der Waals surface area contributed by atoms with E-state index in [1.807, 2.05) is 43.9 Å². The van der Waals surface area contributed by atoms with Gasteiger partial charge >= 0.3 is 0 Å². The maximum atomic E-state index is 11.9. The van der Waals surface area contributed by atoms with Gasteiger partial charge in [0.2, 0.25) is 6.21 Å². The summed E-state index contributed by atoms with van der Waals surface area (Å²) < 4.78 is 5.44. The minimum atomic E-state index is -1.86. The van der Waals surface area contributed by atoms with Gasteiger partial charge in [-0.2, -0.15) is 0 Å². The molecule has 1 aromatic rings. The number of hydrogen-bond acceptors (Lipinski definition) is 2. The van der Waals surface area contributed by atoms with Crippen molar-refractivity contribution >= 4 is 14.5 Å². The first-order chi connectivity index (χ1) is 9.42. The second-order valence-electron chi connectivity index (χ2n) is 5.87. The molecule has 0 N–H and O–H groups in total. The highest BCUT2D eigenvalue weighted by Crippen LogP contribution is 2.20. The molecule has 1 aromatic carbocycles. The van der Waals surface area contributed by atoms with Crippen LogP contribution in [0.5, 0.6) is 0 Å². The third kappa shape index (κ3) is 6.57. The summed E-state index contributed by atoms with van der Waals surface area (Å²) in [7, 11) is -1.86. The van der Waals surface area contributed by atoms with Crippen LogP contribution in [0, 0.1) is 5.21 Å². The Kier molecular flexibility index (Phi) is 6.52. The van der Waals surface area contributed by atoms with Crippen LogP contribution >= 0.6 is 0 Å². The van der Waals surface area contributed by atoms with Crippen LogP contribution in [0.15, 0.2) is 43.0 Å². The molecule has 0 aliphatic rings. The van der Waals surface area contributed by atoms with E-state index in [4.69, 9.17) is 4.53 Å². The fourth-order valence-corrected chi connectivity index (χ4v) is 2.56. The SMILES string of the molecule is C=CCCCC(/C=[N+](\[O-])O[Si](C)(C)C)c1ccccc1. The molecule has 1 atom stereocenters. The molecule has 1 unspecified atom stereocenters. The minimum absolute atomic E-state index is 0.0880. The van der Waals surface area contributed by atoms with Gasteiger partial charge < -0.3 is 4.53 Å². The molecule has 0 heterocycles. The Bertz CT molecular complexity index is 438. The molecule has 0 bridgehead atoms. The fourth-order valence-electron chi connectivity index (χ4n) is 1.96. The summed E-state index contributed by atoms with van der Waals surface area (Å²) in [6.45, 7) is 9.74. The van der Waals surface area contributed by atoms with Crippen LogP contribution in [-0.4, -0.2) is 19.4 Å². The largest absolute Gasteiger partial charge is 0.444 e. The van der Waals surface area contributed by atoms with Crippen molar-refractivity contribution in [3.63, 3.8) is 0 Å². The summed E-state index contributed by atoms with van der Waals surface area (Å²) in [4.78, 5) is 0.664. The molecular weight excluding hydrogens is 266 g/mol. The lowest BCUT2D eigenvalue weighted by Crippen LogP contribution is -2.30. The maximum absolute atomic E-state index is 11.9. The molecule has 0 saturated carbocycles. The molecule has 0 fully saturated rings. The average molecular weight is 291 g/mol. The lowest BCUT2D eigenvalue weighted by Gasteiger charge is -2.20. The molecule has 0 aromatic heterocycles. The standard InChI is InChI=1S/C16H25NO2Si/c1-5-6-8-13-16(15-11-9-7-10-12-15)14-17(18)19-20(2,3)4/h5,7,9-12,14,16H,1,6,8,13H2,2-4H3/b17-14+. The number of rotatable bonds is 8. The van der Waals surface area contributed by atoms with E-state index in [2.05, 4.69) is 18.7 Å². The summed E-state index contributed by atoms with van der Waals surface area (Å²) in [5, 5.41) is 11.9. The smallest absolute Gasteiger partial charge is 0.216 e. The molecule has 4 heteroatoms. The minimum Gasteiger partial charge on any atom is -0.444 e. The number of nitrogens with zero attached hydrogens (tertiary/aromatic N) is 1. The summed E-state index contributed by atoms with van der Waals surface area (Å²) >= 11 is 0. The molecule has 110 valence electrons. The van der Waals surface area contributed by atoms with Gasteiger partial charge in [0.25, 0.3) is 0 Å². The van der Waals surface area contributed by atoms with E-state index in [-0.39, 0.29) is 5.92 Å². The first-order valence-corrected chi connectivity index (χ1v) is 10.5. The Morgan fingerprint density at radius 1 is 1.30 bits per heavy atom. The highest BCUT2D eigenvalue weighted by molar-refractivity contribution is 6.69. The normalized spacial score (nSPS) is 13.8. The Morgan fingerprint density at radius 2 is 1.95 bits per heavy atom. The van der Waals surface area contributed by atoms with Crippen LogP contribution < -0.4 is 0 Å². The van der Waals surface area contributed by atoms with Gasteiger partial charge in [0.05, 0.1) is 5.92 Å².